The lowest BCUT2D eigenvalue weighted by atomic mass is 10.1. The van der Waals surface area contributed by atoms with Crippen molar-refractivity contribution < 1.29 is 4.74 Å². The van der Waals surface area contributed by atoms with Crippen molar-refractivity contribution in [2.24, 2.45) is 0 Å². The van der Waals surface area contributed by atoms with Crippen LogP contribution in [0.15, 0.2) is 12.1 Å². The molecule has 2 rings (SSSR count). The second kappa shape index (κ2) is 5.12. The van der Waals surface area contributed by atoms with Crippen molar-refractivity contribution in [2.45, 2.75) is 25.4 Å². The van der Waals surface area contributed by atoms with Crippen LogP contribution < -0.4 is 10.6 Å². The molecule has 0 radical (unpaired) electrons. The lowest BCUT2D eigenvalue weighted by Crippen LogP contribution is -2.33. The monoisotopic (exact) mass is 222 g/mol. The third-order valence-electron chi connectivity index (χ3n) is 2.81. The van der Waals surface area contributed by atoms with Gasteiger partial charge in [0.25, 0.3) is 0 Å². The van der Waals surface area contributed by atoms with Crippen molar-refractivity contribution in [3.05, 3.63) is 12.1 Å². The van der Waals surface area contributed by atoms with Gasteiger partial charge in [0.1, 0.15) is 5.82 Å². The van der Waals surface area contributed by atoms with Crippen LogP contribution in [0.25, 0.3) is 0 Å². The Bertz CT molecular complexity index is 321. The third kappa shape index (κ3) is 2.82. The van der Waals surface area contributed by atoms with Crippen LogP contribution in [0, 0.1) is 0 Å². The van der Waals surface area contributed by atoms with E-state index in [1.54, 1.807) is 6.07 Å². The van der Waals surface area contributed by atoms with E-state index in [4.69, 9.17) is 10.5 Å². The highest BCUT2D eigenvalue weighted by atomic mass is 16.5. The summed E-state index contributed by atoms with van der Waals surface area (Å²) in [4.78, 5) is 2.06. The van der Waals surface area contributed by atoms with Crippen molar-refractivity contribution in [3.8, 4) is 0 Å². The average molecular weight is 222 g/mol. The van der Waals surface area contributed by atoms with Gasteiger partial charge in [0, 0.05) is 20.2 Å². The minimum Gasteiger partial charge on any atom is -0.382 e. The maximum atomic E-state index is 5.68. The molecule has 0 saturated carbocycles. The topological polar surface area (TPSA) is 64.3 Å². The van der Waals surface area contributed by atoms with Gasteiger partial charge in [-0.25, -0.2) is 0 Å². The molecule has 1 aliphatic heterocycles. The zero-order chi connectivity index (χ0) is 11.4. The van der Waals surface area contributed by atoms with E-state index in [1.165, 1.54) is 12.8 Å². The minimum atomic E-state index is 0.318. The van der Waals surface area contributed by atoms with Gasteiger partial charge in [0.15, 0.2) is 5.82 Å². The molecule has 0 bridgehead atoms. The summed E-state index contributed by atoms with van der Waals surface area (Å²) in [5.74, 6) is 1.29. The van der Waals surface area contributed by atoms with Gasteiger partial charge in [-0.05, 0) is 31.4 Å². The third-order valence-corrected chi connectivity index (χ3v) is 2.81. The van der Waals surface area contributed by atoms with E-state index in [-0.39, 0.29) is 0 Å². The number of ether oxygens (including phenoxy) is 1. The van der Waals surface area contributed by atoms with Gasteiger partial charge in [-0.2, -0.15) is 0 Å². The van der Waals surface area contributed by atoms with Gasteiger partial charge >= 0.3 is 0 Å². The summed E-state index contributed by atoms with van der Waals surface area (Å²) in [5.41, 5.74) is 5.49. The van der Waals surface area contributed by atoms with Gasteiger partial charge in [-0.3, -0.25) is 0 Å². The zero-order valence-electron chi connectivity index (χ0n) is 9.59. The van der Waals surface area contributed by atoms with Crippen molar-refractivity contribution in [2.75, 3.05) is 30.8 Å². The quantitative estimate of drug-likeness (QED) is 0.828. The Balaban J connectivity index is 1.91. The Morgan fingerprint density at radius 1 is 1.44 bits per heavy atom. The van der Waals surface area contributed by atoms with Crippen LogP contribution in [0.3, 0.4) is 0 Å². The van der Waals surface area contributed by atoms with E-state index in [0.717, 1.165) is 25.4 Å². The second-order valence-corrected chi connectivity index (χ2v) is 4.19. The van der Waals surface area contributed by atoms with Crippen molar-refractivity contribution >= 4 is 11.6 Å². The number of aromatic nitrogens is 2. The predicted molar refractivity (Wildman–Crippen MR) is 63.3 cm³/mol. The zero-order valence-corrected chi connectivity index (χ0v) is 9.59. The van der Waals surface area contributed by atoms with E-state index in [9.17, 15) is 0 Å². The molecule has 16 heavy (non-hydrogen) atoms. The SMILES string of the molecule is CN(CC1CCCCO1)c1ccc(N)nn1. The maximum absolute atomic E-state index is 5.68. The summed E-state index contributed by atoms with van der Waals surface area (Å²) in [7, 11) is 2.00. The first-order valence-electron chi connectivity index (χ1n) is 5.67. The molecule has 1 aromatic rings. The van der Waals surface area contributed by atoms with Crippen LogP contribution in [0.5, 0.6) is 0 Å². The van der Waals surface area contributed by atoms with Crippen LogP contribution in [-0.2, 0) is 4.74 Å². The number of nitrogens with two attached hydrogens (primary N) is 1. The Morgan fingerprint density at radius 2 is 2.31 bits per heavy atom. The molecular formula is C11H18N4O. The Labute approximate surface area is 95.6 Å². The van der Waals surface area contributed by atoms with Crippen LogP contribution in [0.1, 0.15) is 19.3 Å². The summed E-state index contributed by atoms with van der Waals surface area (Å²) in [6, 6.07) is 3.64. The molecule has 88 valence electrons. The predicted octanol–water partition coefficient (Wildman–Crippen LogP) is 1.06. The Morgan fingerprint density at radius 3 is 2.94 bits per heavy atom. The van der Waals surface area contributed by atoms with Crippen molar-refractivity contribution in [3.63, 3.8) is 0 Å². The number of hydrogen-bond donors (Lipinski definition) is 1. The van der Waals surface area contributed by atoms with Gasteiger partial charge in [0.2, 0.25) is 0 Å². The molecule has 0 aliphatic carbocycles. The number of nitrogens with zero attached hydrogens (tertiary/aromatic N) is 3. The van der Waals surface area contributed by atoms with E-state index in [1.807, 2.05) is 13.1 Å². The molecule has 2 N–H and O–H groups in total. The lowest BCUT2D eigenvalue weighted by molar-refractivity contribution is 0.0215. The Hall–Kier alpha value is -1.36. The molecule has 1 unspecified atom stereocenters. The summed E-state index contributed by atoms with van der Waals surface area (Å²) in [5, 5.41) is 7.88. The second-order valence-electron chi connectivity index (χ2n) is 4.19. The summed E-state index contributed by atoms with van der Waals surface area (Å²) in [6.07, 6.45) is 3.89. The molecule has 5 heteroatoms. The minimum absolute atomic E-state index is 0.318. The van der Waals surface area contributed by atoms with E-state index >= 15 is 0 Å². The van der Waals surface area contributed by atoms with Crippen molar-refractivity contribution in [1.29, 1.82) is 0 Å². The molecule has 1 aliphatic rings. The number of nitrogen functional groups attached to an aromatic ring is 1. The number of anilines is 2. The van der Waals surface area contributed by atoms with E-state index in [2.05, 4.69) is 15.1 Å². The highest BCUT2D eigenvalue weighted by Crippen LogP contribution is 2.16. The van der Waals surface area contributed by atoms with E-state index in [0.29, 0.717) is 11.9 Å². The smallest absolute Gasteiger partial charge is 0.151 e. The molecule has 0 aromatic carbocycles. The van der Waals surface area contributed by atoms with Gasteiger partial charge in [-0.15, -0.1) is 10.2 Å². The molecule has 1 saturated heterocycles. The van der Waals surface area contributed by atoms with E-state index < -0.39 is 0 Å². The molecule has 1 atom stereocenters. The van der Waals surface area contributed by atoms with Crippen molar-refractivity contribution in [1.82, 2.24) is 10.2 Å². The first-order valence-corrected chi connectivity index (χ1v) is 5.67. The number of rotatable bonds is 3. The van der Waals surface area contributed by atoms with Crippen LogP contribution in [0.2, 0.25) is 0 Å². The normalized spacial score (nSPS) is 20.7. The molecule has 2 heterocycles. The highest BCUT2D eigenvalue weighted by molar-refractivity contribution is 5.40. The summed E-state index contributed by atoms with van der Waals surface area (Å²) < 4.78 is 5.68. The lowest BCUT2D eigenvalue weighted by Gasteiger charge is -2.27. The molecule has 1 aromatic heterocycles. The fourth-order valence-corrected chi connectivity index (χ4v) is 1.89. The fraction of sp³-hybridized carbons (Fsp3) is 0.636. The molecular weight excluding hydrogens is 204 g/mol. The van der Waals surface area contributed by atoms with Gasteiger partial charge in [0.05, 0.1) is 6.10 Å². The standard InChI is InChI=1S/C11H18N4O/c1-15(8-9-4-2-3-7-16-9)11-6-5-10(12)13-14-11/h5-6,9H,2-4,7-8H2,1H3,(H2,12,13). The molecule has 0 amide bonds. The first kappa shape index (κ1) is 11.1. The molecule has 1 fully saturated rings. The number of hydrogen-bond acceptors (Lipinski definition) is 5. The summed E-state index contributed by atoms with van der Waals surface area (Å²) in [6.45, 7) is 1.74. The van der Waals surface area contributed by atoms with Crippen LogP contribution in [-0.4, -0.2) is 36.5 Å². The number of likely N-dealkylation sites (N-methyl/N-ethyl adjacent to an activating group) is 1. The van der Waals surface area contributed by atoms with Gasteiger partial charge in [-0.1, -0.05) is 0 Å². The Kier molecular flexibility index (Phi) is 3.56. The molecule has 0 spiro atoms. The fourth-order valence-electron chi connectivity index (χ4n) is 1.89. The largest absolute Gasteiger partial charge is 0.382 e. The van der Waals surface area contributed by atoms with Gasteiger partial charge < -0.3 is 15.4 Å². The highest BCUT2D eigenvalue weighted by Gasteiger charge is 2.16. The van der Waals surface area contributed by atoms with Crippen LogP contribution in [0.4, 0.5) is 11.6 Å². The first-order chi connectivity index (χ1) is 7.75. The molecule has 5 nitrogen and oxygen atoms in total. The summed E-state index contributed by atoms with van der Waals surface area (Å²) >= 11 is 0. The maximum Gasteiger partial charge on any atom is 0.151 e. The van der Waals surface area contributed by atoms with Crippen LogP contribution >= 0.6 is 0 Å². The average Bonchev–Trinajstić information content (AvgIpc) is 2.31.